The SMILES string of the molecule is Cc1ncc(CNC(=O)OC(C)(C)C)c(N)n1. The van der Waals surface area contributed by atoms with Gasteiger partial charge < -0.3 is 15.8 Å². The third kappa shape index (κ3) is 4.67. The van der Waals surface area contributed by atoms with Crippen LogP contribution in [0.2, 0.25) is 0 Å². The number of hydrogen-bond donors (Lipinski definition) is 2. The fraction of sp³-hybridized carbons (Fsp3) is 0.545. The lowest BCUT2D eigenvalue weighted by Crippen LogP contribution is -2.32. The van der Waals surface area contributed by atoms with Crippen LogP contribution >= 0.6 is 0 Å². The Morgan fingerprint density at radius 3 is 2.71 bits per heavy atom. The highest BCUT2D eigenvalue weighted by atomic mass is 16.6. The lowest BCUT2D eigenvalue weighted by molar-refractivity contribution is 0.0523. The second-order valence-corrected chi connectivity index (χ2v) is 4.68. The molecule has 1 aromatic rings. The minimum atomic E-state index is -0.514. The van der Waals surface area contributed by atoms with Crippen LogP contribution in [0.3, 0.4) is 0 Å². The van der Waals surface area contributed by atoms with Crippen molar-refractivity contribution in [2.75, 3.05) is 5.73 Å². The third-order valence-electron chi connectivity index (χ3n) is 1.84. The molecule has 0 saturated heterocycles. The maximum Gasteiger partial charge on any atom is 0.407 e. The van der Waals surface area contributed by atoms with Crippen LogP contribution in [-0.2, 0) is 11.3 Å². The molecular formula is C11H18N4O2. The van der Waals surface area contributed by atoms with Crippen molar-refractivity contribution in [3.05, 3.63) is 17.6 Å². The Labute approximate surface area is 101 Å². The van der Waals surface area contributed by atoms with E-state index in [-0.39, 0.29) is 6.54 Å². The van der Waals surface area contributed by atoms with Crippen LogP contribution in [0.15, 0.2) is 6.20 Å². The van der Waals surface area contributed by atoms with E-state index in [0.29, 0.717) is 17.2 Å². The molecular weight excluding hydrogens is 220 g/mol. The van der Waals surface area contributed by atoms with E-state index in [0.717, 1.165) is 0 Å². The lowest BCUT2D eigenvalue weighted by atomic mass is 10.2. The number of aryl methyl sites for hydroxylation is 1. The molecule has 94 valence electrons. The Morgan fingerprint density at radius 1 is 1.53 bits per heavy atom. The van der Waals surface area contributed by atoms with Gasteiger partial charge in [0, 0.05) is 11.8 Å². The van der Waals surface area contributed by atoms with Gasteiger partial charge in [0.05, 0.1) is 6.54 Å². The standard InChI is InChI=1S/C11H18N4O2/c1-7-13-5-8(9(12)15-7)6-14-10(16)17-11(2,3)4/h5H,6H2,1-4H3,(H,14,16)(H2,12,13,15). The number of hydrogen-bond acceptors (Lipinski definition) is 5. The van der Waals surface area contributed by atoms with Crippen LogP contribution < -0.4 is 11.1 Å². The number of aromatic nitrogens is 2. The Morgan fingerprint density at radius 2 is 2.18 bits per heavy atom. The number of alkyl carbamates (subject to hydrolysis) is 1. The molecule has 0 spiro atoms. The molecule has 6 nitrogen and oxygen atoms in total. The fourth-order valence-electron chi connectivity index (χ4n) is 1.13. The van der Waals surface area contributed by atoms with Gasteiger partial charge >= 0.3 is 6.09 Å². The molecule has 0 fully saturated rings. The predicted octanol–water partition coefficient (Wildman–Crippen LogP) is 1.39. The van der Waals surface area contributed by atoms with E-state index in [1.807, 2.05) is 0 Å². The van der Waals surface area contributed by atoms with Crippen LogP contribution in [0, 0.1) is 6.92 Å². The molecule has 0 aromatic carbocycles. The van der Waals surface area contributed by atoms with Gasteiger partial charge in [-0.25, -0.2) is 14.8 Å². The van der Waals surface area contributed by atoms with Gasteiger partial charge in [0.1, 0.15) is 17.2 Å². The maximum atomic E-state index is 11.4. The summed E-state index contributed by atoms with van der Waals surface area (Å²) in [5.41, 5.74) is 5.85. The van der Waals surface area contributed by atoms with Crippen molar-refractivity contribution in [2.45, 2.75) is 39.8 Å². The fourth-order valence-corrected chi connectivity index (χ4v) is 1.13. The van der Waals surface area contributed by atoms with E-state index in [1.165, 1.54) is 0 Å². The van der Waals surface area contributed by atoms with E-state index in [9.17, 15) is 4.79 Å². The molecule has 0 saturated carbocycles. The average Bonchev–Trinajstić information content (AvgIpc) is 2.13. The molecule has 0 aliphatic carbocycles. The quantitative estimate of drug-likeness (QED) is 0.812. The van der Waals surface area contributed by atoms with Crippen molar-refractivity contribution in [3.8, 4) is 0 Å². The number of nitrogen functional groups attached to an aromatic ring is 1. The van der Waals surface area contributed by atoms with Gasteiger partial charge in [-0.15, -0.1) is 0 Å². The first-order chi connectivity index (χ1) is 7.78. The normalized spacial score (nSPS) is 11.1. The highest BCUT2D eigenvalue weighted by molar-refractivity contribution is 5.67. The molecule has 0 aliphatic rings. The second-order valence-electron chi connectivity index (χ2n) is 4.68. The van der Waals surface area contributed by atoms with Gasteiger partial charge in [-0.1, -0.05) is 0 Å². The van der Waals surface area contributed by atoms with Crippen LogP contribution in [-0.4, -0.2) is 21.7 Å². The van der Waals surface area contributed by atoms with Gasteiger partial charge in [0.2, 0.25) is 0 Å². The van der Waals surface area contributed by atoms with Crippen molar-refractivity contribution in [1.29, 1.82) is 0 Å². The molecule has 1 amide bonds. The first kappa shape index (κ1) is 13.2. The number of ether oxygens (including phenoxy) is 1. The Bertz CT molecular complexity index is 412. The summed E-state index contributed by atoms with van der Waals surface area (Å²) in [7, 11) is 0. The summed E-state index contributed by atoms with van der Waals surface area (Å²) in [5, 5.41) is 2.59. The highest BCUT2D eigenvalue weighted by Crippen LogP contribution is 2.09. The zero-order valence-electron chi connectivity index (χ0n) is 10.6. The largest absolute Gasteiger partial charge is 0.444 e. The van der Waals surface area contributed by atoms with Crippen LogP contribution in [0.4, 0.5) is 10.6 Å². The maximum absolute atomic E-state index is 11.4. The first-order valence-corrected chi connectivity index (χ1v) is 5.33. The number of nitrogens with zero attached hydrogens (tertiary/aromatic N) is 2. The molecule has 0 bridgehead atoms. The van der Waals surface area contributed by atoms with E-state index in [2.05, 4.69) is 15.3 Å². The second kappa shape index (κ2) is 4.99. The number of carbonyl (C=O) groups excluding carboxylic acids is 1. The van der Waals surface area contributed by atoms with Crippen LogP contribution in [0.1, 0.15) is 32.2 Å². The molecule has 1 rings (SSSR count). The summed E-state index contributed by atoms with van der Waals surface area (Å²) in [6, 6.07) is 0. The predicted molar refractivity (Wildman–Crippen MR) is 64.3 cm³/mol. The van der Waals surface area contributed by atoms with Gasteiger partial charge in [0.25, 0.3) is 0 Å². The summed E-state index contributed by atoms with van der Waals surface area (Å²) in [5.74, 6) is 0.970. The summed E-state index contributed by atoms with van der Waals surface area (Å²) < 4.78 is 5.09. The van der Waals surface area contributed by atoms with E-state index < -0.39 is 11.7 Å². The molecule has 17 heavy (non-hydrogen) atoms. The van der Waals surface area contributed by atoms with Gasteiger partial charge in [0.15, 0.2) is 0 Å². The number of amides is 1. The number of carbonyl (C=O) groups is 1. The number of nitrogens with one attached hydrogen (secondary N) is 1. The van der Waals surface area contributed by atoms with Crippen LogP contribution in [0.25, 0.3) is 0 Å². The van der Waals surface area contributed by atoms with Crippen LogP contribution in [0.5, 0.6) is 0 Å². The van der Waals surface area contributed by atoms with Crippen molar-refractivity contribution in [1.82, 2.24) is 15.3 Å². The molecule has 0 unspecified atom stereocenters. The van der Waals surface area contributed by atoms with E-state index >= 15 is 0 Å². The monoisotopic (exact) mass is 238 g/mol. The van der Waals surface area contributed by atoms with Crippen molar-refractivity contribution in [3.63, 3.8) is 0 Å². The summed E-state index contributed by atoms with van der Waals surface area (Å²) >= 11 is 0. The highest BCUT2D eigenvalue weighted by Gasteiger charge is 2.16. The molecule has 1 aromatic heterocycles. The molecule has 3 N–H and O–H groups in total. The van der Waals surface area contributed by atoms with Crippen molar-refractivity contribution < 1.29 is 9.53 Å². The van der Waals surface area contributed by atoms with Crippen molar-refractivity contribution in [2.24, 2.45) is 0 Å². The Kier molecular flexibility index (Phi) is 3.88. The summed E-state index contributed by atoms with van der Waals surface area (Å²) in [4.78, 5) is 19.4. The minimum absolute atomic E-state index is 0.251. The number of nitrogens with two attached hydrogens (primary N) is 1. The molecule has 0 atom stereocenters. The summed E-state index contributed by atoms with van der Waals surface area (Å²) in [6.45, 7) is 7.41. The average molecular weight is 238 g/mol. The zero-order valence-corrected chi connectivity index (χ0v) is 10.6. The molecule has 0 radical (unpaired) electrons. The van der Waals surface area contributed by atoms with Gasteiger partial charge in [-0.2, -0.15) is 0 Å². The smallest absolute Gasteiger partial charge is 0.407 e. The minimum Gasteiger partial charge on any atom is -0.444 e. The van der Waals surface area contributed by atoms with Gasteiger partial charge in [-0.05, 0) is 27.7 Å². The zero-order chi connectivity index (χ0) is 13.1. The third-order valence-corrected chi connectivity index (χ3v) is 1.84. The molecule has 1 heterocycles. The molecule has 6 heteroatoms. The summed E-state index contributed by atoms with van der Waals surface area (Å²) in [6.07, 6.45) is 1.10. The van der Waals surface area contributed by atoms with Crippen molar-refractivity contribution >= 4 is 11.9 Å². The van der Waals surface area contributed by atoms with E-state index in [4.69, 9.17) is 10.5 Å². The Hall–Kier alpha value is -1.85. The first-order valence-electron chi connectivity index (χ1n) is 5.33. The number of rotatable bonds is 2. The number of anilines is 1. The van der Waals surface area contributed by atoms with Gasteiger partial charge in [-0.3, -0.25) is 0 Å². The Balaban J connectivity index is 2.53. The van der Waals surface area contributed by atoms with E-state index in [1.54, 1.807) is 33.9 Å². The lowest BCUT2D eigenvalue weighted by Gasteiger charge is -2.19. The molecule has 0 aliphatic heterocycles. The topological polar surface area (TPSA) is 90.1 Å².